The fourth-order valence-electron chi connectivity index (χ4n) is 2.67. The Kier molecular flexibility index (Phi) is 6.88. The third-order valence-corrected chi connectivity index (χ3v) is 5.28. The van der Waals surface area contributed by atoms with Gasteiger partial charge >= 0.3 is 6.18 Å². The molecule has 1 aliphatic carbocycles. The standard InChI is InChI=1S/C14H19F3N2O2S.ClH/c15-14(16,17)11-4-2-6-13(8-11)22(20,21)19-9-10-3-1-5-12(18)7-10;/h2,4,6,8,10,12,19H,1,3,5,7,9,18H2;1H. The molecule has 0 heterocycles. The first-order valence-electron chi connectivity index (χ1n) is 7.11. The molecule has 1 aliphatic rings. The van der Waals surface area contributed by atoms with Crippen LogP contribution in [0.2, 0.25) is 0 Å². The van der Waals surface area contributed by atoms with E-state index in [1.54, 1.807) is 0 Å². The highest BCUT2D eigenvalue weighted by molar-refractivity contribution is 7.89. The summed E-state index contributed by atoms with van der Waals surface area (Å²) in [6, 6.07) is 3.81. The van der Waals surface area contributed by atoms with Crippen LogP contribution in [0.5, 0.6) is 0 Å². The first kappa shape index (κ1) is 20.2. The Hall–Kier alpha value is -0.830. The van der Waals surface area contributed by atoms with E-state index in [0.29, 0.717) is 6.07 Å². The molecule has 23 heavy (non-hydrogen) atoms. The van der Waals surface area contributed by atoms with Gasteiger partial charge < -0.3 is 5.73 Å². The molecule has 1 saturated carbocycles. The Labute approximate surface area is 140 Å². The zero-order valence-electron chi connectivity index (χ0n) is 12.3. The van der Waals surface area contributed by atoms with E-state index in [1.807, 2.05) is 0 Å². The van der Waals surface area contributed by atoms with Gasteiger partial charge in [-0.15, -0.1) is 12.4 Å². The lowest BCUT2D eigenvalue weighted by Gasteiger charge is -2.26. The highest BCUT2D eigenvalue weighted by Gasteiger charge is 2.31. The van der Waals surface area contributed by atoms with Gasteiger partial charge in [-0.05, 0) is 43.4 Å². The number of benzene rings is 1. The fraction of sp³-hybridized carbons (Fsp3) is 0.571. The molecule has 1 fully saturated rings. The summed E-state index contributed by atoms with van der Waals surface area (Å²) in [6.45, 7) is 0.201. The lowest BCUT2D eigenvalue weighted by atomic mass is 9.86. The quantitative estimate of drug-likeness (QED) is 0.853. The van der Waals surface area contributed by atoms with Crippen molar-refractivity contribution >= 4 is 22.4 Å². The number of hydrogen-bond acceptors (Lipinski definition) is 3. The Morgan fingerprint density at radius 1 is 1.26 bits per heavy atom. The van der Waals surface area contributed by atoms with Crippen LogP contribution >= 0.6 is 12.4 Å². The summed E-state index contributed by atoms with van der Waals surface area (Å²) in [5.74, 6) is 0.129. The van der Waals surface area contributed by atoms with Crippen LogP contribution in [-0.2, 0) is 16.2 Å². The van der Waals surface area contributed by atoms with Crippen molar-refractivity contribution in [1.82, 2.24) is 4.72 Å². The second-order valence-electron chi connectivity index (χ2n) is 5.67. The highest BCUT2D eigenvalue weighted by Crippen LogP contribution is 2.30. The molecule has 1 aromatic rings. The van der Waals surface area contributed by atoms with E-state index in [4.69, 9.17) is 5.73 Å². The minimum atomic E-state index is -4.57. The maximum atomic E-state index is 12.6. The van der Waals surface area contributed by atoms with Gasteiger partial charge in [0.1, 0.15) is 0 Å². The lowest BCUT2D eigenvalue weighted by Crippen LogP contribution is -2.35. The van der Waals surface area contributed by atoms with Gasteiger partial charge in [0.25, 0.3) is 0 Å². The van der Waals surface area contributed by atoms with Crippen molar-refractivity contribution in [3.63, 3.8) is 0 Å². The average Bonchev–Trinajstić information content (AvgIpc) is 2.45. The van der Waals surface area contributed by atoms with Crippen molar-refractivity contribution in [2.24, 2.45) is 11.7 Å². The average molecular weight is 373 g/mol. The first-order valence-corrected chi connectivity index (χ1v) is 8.59. The molecule has 0 radical (unpaired) electrons. The van der Waals surface area contributed by atoms with Crippen molar-refractivity contribution in [2.75, 3.05) is 6.54 Å². The molecule has 2 unspecified atom stereocenters. The molecule has 4 nitrogen and oxygen atoms in total. The largest absolute Gasteiger partial charge is 0.416 e. The maximum absolute atomic E-state index is 12.6. The van der Waals surface area contributed by atoms with Crippen LogP contribution in [0.3, 0.4) is 0 Å². The molecule has 0 amide bonds. The summed E-state index contributed by atoms with van der Waals surface area (Å²) in [7, 11) is -3.95. The second kappa shape index (κ2) is 7.83. The van der Waals surface area contributed by atoms with Gasteiger partial charge in [-0.2, -0.15) is 13.2 Å². The van der Waals surface area contributed by atoms with Crippen LogP contribution < -0.4 is 10.5 Å². The van der Waals surface area contributed by atoms with Crippen LogP contribution in [0.4, 0.5) is 13.2 Å². The third-order valence-electron chi connectivity index (χ3n) is 3.86. The number of halogens is 4. The van der Waals surface area contributed by atoms with Crippen LogP contribution in [0, 0.1) is 5.92 Å². The number of rotatable bonds is 4. The molecular formula is C14H20ClF3N2O2S. The summed E-state index contributed by atoms with van der Waals surface area (Å²) in [4.78, 5) is -0.373. The molecule has 9 heteroatoms. The SMILES string of the molecule is Cl.NC1CCCC(CNS(=O)(=O)c2cccc(C(F)(F)F)c2)C1. The molecule has 3 N–H and O–H groups in total. The highest BCUT2D eigenvalue weighted by atomic mass is 35.5. The zero-order valence-corrected chi connectivity index (χ0v) is 14.0. The van der Waals surface area contributed by atoms with Crippen molar-refractivity contribution in [1.29, 1.82) is 0 Å². The molecule has 2 rings (SSSR count). The normalized spacial score (nSPS) is 22.4. The Morgan fingerprint density at radius 3 is 2.57 bits per heavy atom. The Balaban J connectivity index is 0.00000264. The lowest BCUT2D eigenvalue weighted by molar-refractivity contribution is -0.137. The Bertz CT molecular complexity index is 623. The van der Waals surface area contributed by atoms with Crippen molar-refractivity contribution in [2.45, 2.75) is 42.8 Å². The van der Waals surface area contributed by atoms with Gasteiger partial charge in [0, 0.05) is 12.6 Å². The number of hydrogen-bond donors (Lipinski definition) is 2. The second-order valence-corrected chi connectivity index (χ2v) is 7.44. The smallest absolute Gasteiger partial charge is 0.328 e. The van der Waals surface area contributed by atoms with Crippen LogP contribution in [0.15, 0.2) is 29.2 Å². The van der Waals surface area contributed by atoms with E-state index < -0.39 is 21.8 Å². The Morgan fingerprint density at radius 2 is 1.96 bits per heavy atom. The zero-order chi connectivity index (χ0) is 16.4. The summed E-state index contributed by atoms with van der Waals surface area (Å²) < 4.78 is 64.6. The molecule has 0 aliphatic heterocycles. The monoisotopic (exact) mass is 372 g/mol. The minimum absolute atomic E-state index is 0. The van der Waals surface area contributed by atoms with Gasteiger partial charge in [-0.25, -0.2) is 13.1 Å². The van der Waals surface area contributed by atoms with Crippen molar-refractivity contribution in [3.05, 3.63) is 29.8 Å². The molecule has 0 bridgehead atoms. The van der Waals surface area contributed by atoms with Gasteiger partial charge in [-0.3, -0.25) is 0 Å². The molecule has 0 aromatic heterocycles. The third kappa shape index (κ3) is 5.63. The van der Waals surface area contributed by atoms with E-state index in [9.17, 15) is 21.6 Å². The fourth-order valence-corrected chi connectivity index (χ4v) is 3.83. The number of nitrogens with one attached hydrogen (secondary N) is 1. The van der Waals surface area contributed by atoms with Crippen molar-refractivity contribution in [3.8, 4) is 0 Å². The maximum Gasteiger partial charge on any atom is 0.416 e. The van der Waals surface area contributed by atoms with E-state index in [0.717, 1.165) is 43.9 Å². The van der Waals surface area contributed by atoms with Crippen LogP contribution in [0.1, 0.15) is 31.2 Å². The first-order chi connectivity index (χ1) is 10.2. The van der Waals surface area contributed by atoms with Gasteiger partial charge in [0.05, 0.1) is 10.5 Å². The predicted octanol–water partition coefficient (Wildman–Crippen LogP) is 2.92. The van der Waals surface area contributed by atoms with Crippen molar-refractivity contribution < 1.29 is 21.6 Å². The topological polar surface area (TPSA) is 72.2 Å². The molecule has 132 valence electrons. The molecular weight excluding hydrogens is 353 g/mol. The summed E-state index contributed by atoms with van der Waals surface area (Å²) in [6.07, 6.45) is -1.10. The van der Waals surface area contributed by atoms with E-state index in [2.05, 4.69) is 4.72 Å². The number of alkyl halides is 3. The van der Waals surface area contributed by atoms with E-state index >= 15 is 0 Å². The summed E-state index contributed by atoms with van der Waals surface area (Å²) in [5, 5.41) is 0. The van der Waals surface area contributed by atoms with Gasteiger partial charge in [0.2, 0.25) is 10.0 Å². The number of nitrogens with two attached hydrogens (primary N) is 1. The van der Waals surface area contributed by atoms with Crippen LogP contribution in [-0.4, -0.2) is 21.0 Å². The molecule has 0 spiro atoms. The summed E-state index contributed by atoms with van der Waals surface area (Å²) >= 11 is 0. The van der Waals surface area contributed by atoms with E-state index in [-0.39, 0.29) is 35.8 Å². The molecule has 0 saturated heterocycles. The van der Waals surface area contributed by atoms with E-state index in [1.165, 1.54) is 0 Å². The van der Waals surface area contributed by atoms with Gasteiger partial charge in [-0.1, -0.05) is 12.5 Å². The minimum Gasteiger partial charge on any atom is -0.328 e. The number of sulfonamides is 1. The van der Waals surface area contributed by atoms with Crippen LogP contribution in [0.25, 0.3) is 0 Å². The summed E-state index contributed by atoms with van der Waals surface area (Å²) in [5.41, 5.74) is 4.86. The molecule has 2 atom stereocenters. The predicted molar refractivity (Wildman–Crippen MR) is 83.8 cm³/mol. The van der Waals surface area contributed by atoms with Gasteiger partial charge in [0.15, 0.2) is 0 Å². The molecule has 1 aromatic carbocycles.